The fraction of sp³-hybridized carbons (Fsp3) is 0.429. The number of amides is 1. The van der Waals surface area contributed by atoms with E-state index >= 15 is 0 Å². The predicted octanol–water partition coefficient (Wildman–Crippen LogP) is 4.66. The molecule has 44 heavy (non-hydrogen) atoms. The highest BCUT2D eigenvalue weighted by molar-refractivity contribution is 7.91. The number of sulfone groups is 1. The Morgan fingerprint density at radius 3 is 2.39 bits per heavy atom. The molecule has 236 valence electrons. The number of carbonyl (C=O) groups is 1. The van der Waals surface area contributed by atoms with Gasteiger partial charge < -0.3 is 9.64 Å². The van der Waals surface area contributed by atoms with Crippen LogP contribution in [0.3, 0.4) is 0 Å². The normalized spacial score (nSPS) is 14.8. The van der Waals surface area contributed by atoms with Crippen molar-refractivity contribution in [3.8, 4) is 6.07 Å². The number of carbonyl (C=O) groups excluding carboxylic acids is 1. The van der Waals surface area contributed by atoms with E-state index < -0.39 is 44.2 Å². The summed E-state index contributed by atoms with van der Waals surface area (Å²) in [5.74, 6) is -0.276. The summed E-state index contributed by atoms with van der Waals surface area (Å²) in [7, 11) is -3.81. The van der Waals surface area contributed by atoms with Gasteiger partial charge in [-0.05, 0) is 50.6 Å². The zero-order chi connectivity index (χ0) is 32.6. The number of nitrogens with one attached hydrogen (secondary N) is 1. The van der Waals surface area contributed by atoms with Crippen LogP contribution in [0.1, 0.15) is 44.4 Å². The van der Waals surface area contributed by atoms with Crippen LogP contribution in [0.25, 0.3) is 10.9 Å². The molecule has 1 amide bonds. The summed E-state index contributed by atoms with van der Waals surface area (Å²) in [6, 6.07) is 6.26. The van der Waals surface area contributed by atoms with Gasteiger partial charge in [-0.25, -0.2) is 22.9 Å². The molecular weight excluding hydrogens is 625 g/mol. The lowest BCUT2D eigenvalue weighted by Crippen LogP contribution is -2.49. The summed E-state index contributed by atoms with van der Waals surface area (Å²) in [6.45, 7) is 7.40. The number of hydrogen-bond donors (Lipinski definition) is 1. The van der Waals surface area contributed by atoms with E-state index in [-0.39, 0.29) is 70.7 Å². The molecular formula is C28H30ClF3N6O5S. The standard InChI is InChI=1S/C28H30ClF3N6O5S/c1-5-44(41,42)22-7-6-17(14-33)12-21(22)35-38-16-34-24-18(25(38)39)13-20(28(30,31)32)19(23(24)29)15-36-8-10-37(11-9-36)26(40)43-27(2,3)4/h6-7,12-13,16,35H,5,8-11,15H2,1-4H3. The van der Waals surface area contributed by atoms with Crippen molar-refractivity contribution >= 4 is 44.1 Å². The van der Waals surface area contributed by atoms with Gasteiger partial charge in [0, 0.05) is 32.7 Å². The van der Waals surface area contributed by atoms with Gasteiger partial charge in [0.05, 0.1) is 49.5 Å². The van der Waals surface area contributed by atoms with Crippen LogP contribution in [-0.2, 0) is 27.3 Å². The number of halogens is 4. The third-order valence-corrected chi connectivity index (χ3v) is 9.06. The lowest BCUT2D eigenvalue weighted by molar-refractivity contribution is -0.138. The van der Waals surface area contributed by atoms with Gasteiger partial charge in [0.15, 0.2) is 9.84 Å². The number of fused-ring (bicyclic) bond motifs is 1. The maximum Gasteiger partial charge on any atom is 0.416 e. The molecule has 0 atom stereocenters. The minimum Gasteiger partial charge on any atom is -0.444 e. The molecule has 11 nitrogen and oxygen atoms in total. The minimum atomic E-state index is -4.88. The van der Waals surface area contributed by atoms with E-state index in [0.29, 0.717) is 6.07 Å². The summed E-state index contributed by atoms with van der Waals surface area (Å²) < 4.78 is 74.3. The smallest absolute Gasteiger partial charge is 0.416 e. The van der Waals surface area contributed by atoms with Gasteiger partial charge in [0.1, 0.15) is 11.9 Å². The highest BCUT2D eigenvalue weighted by Gasteiger charge is 2.37. The second-order valence-corrected chi connectivity index (χ2v) is 13.7. The molecule has 0 bridgehead atoms. The first kappa shape index (κ1) is 33.0. The average Bonchev–Trinajstić information content (AvgIpc) is 2.94. The largest absolute Gasteiger partial charge is 0.444 e. The molecule has 1 aromatic heterocycles. The van der Waals surface area contributed by atoms with Gasteiger partial charge in [0.2, 0.25) is 0 Å². The van der Waals surface area contributed by atoms with Crippen molar-refractivity contribution in [3.63, 3.8) is 0 Å². The minimum absolute atomic E-state index is 0.0864. The summed E-state index contributed by atoms with van der Waals surface area (Å²) in [4.78, 5) is 32.9. The van der Waals surface area contributed by atoms with Crippen LogP contribution in [0, 0.1) is 11.3 Å². The van der Waals surface area contributed by atoms with E-state index in [2.05, 4.69) is 10.4 Å². The highest BCUT2D eigenvalue weighted by atomic mass is 35.5. The molecule has 1 aliphatic rings. The Morgan fingerprint density at radius 2 is 1.82 bits per heavy atom. The fourth-order valence-corrected chi connectivity index (χ4v) is 5.97. The van der Waals surface area contributed by atoms with Crippen LogP contribution in [0.15, 0.2) is 40.3 Å². The van der Waals surface area contributed by atoms with Crippen LogP contribution < -0.4 is 11.0 Å². The number of hydrogen-bond acceptors (Lipinski definition) is 9. The molecule has 4 rings (SSSR count). The van der Waals surface area contributed by atoms with Gasteiger partial charge in [0.25, 0.3) is 5.56 Å². The number of aromatic nitrogens is 2. The summed E-state index contributed by atoms with van der Waals surface area (Å²) in [5.41, 5.74) is -0.692. The molecule has 0 radical (unpaired) electrons. The lowest BCUT2D eigenvalue weighted by Gasteiger charge is -2.36. The number of nitrogens with zero attached hydrogens (tertiary/aromatic N) is 5. The Balaban J connectivity index is 1.70. The van der Waals surface area contributed by atoms with E-state index in [1.54, 1.807) is 25.7 Å². The molecule has 1 N–H and O–H groups in total. The van der Waals surface area contributed by atoms with Crippen LogP contribution in [0.4, 0.5) is 23.7 Å². The van der Waals surface area contributed by atoms with Crippen LogP contribution in [-0.4, -0.2) is 71.5 Å². The molecule has 0 aliphatic carbocycles. The fourth-order valence-electron chi connectivity index (χ4n) is 4.64. The van der Waals surface area contributed by atoms with Gasteiger partial charge >= 0.3 is 12.3 Å². The van der Waals surface area contributed by atoms with E-state index in [1.807, 2.05) is 6.07 Å². The summed E-state index contributed by atoms with van der Waals surface area (Å²) >= 11 is 6.49. The summed E-state index contributed by atoms with van der Waals surface area (Å²) in [6.07, 6.45) is -4.41. The molecule has 3 aromatic rings. The summed E-state index contributed by atoms with van der Waals surface area (Å²) in [5, 5.41) is 8.47. The first-order valence-corrected chi connectivity index (χ1v) is 15.5. The monoisotopic (exact) mass is 654 g/mol. The maximum atomic E-state index is 14.3. The number of benzene rings is 2. The third-order valence-electron chi connectivity index (χ3n) is 6.87. The van der Waals surface area contributed by atoms with Crippen molar-refractivity contribution in [3.05, 3.63) is 62.7 Å². The van der Waals surface area contributed by atoms with Crippen molar-refractivity contribution in [1.29, 1.82) is 5.26 Å². The molecule has 1 saturated heterocycles. The first-order chi connectivity index (χ1) is 20.4. The Labute approximate surface area is 256 Å². The third kappa shape index (κ3) is 7.09. The zero-order valence-electron chi connectivity index (χ0n) is 24.3. The van der Waals surface area contributed by atoms with Crippen LogP contribution >= 0.6 is 11.6 Å². The number of ether oxygens (including phenoxy) is 1. The molecule has 0 saturated carbocycles. The molecule has 0 spiro atoms. The molecule has 0 unspecified atom stereocenters. The SMILES string of the molecule is CCS(=O)(=O)c1ccc(C#N)cc1Nn1cnc2c(Cl)c(CN3CCN(C(=O)OC(C)(C)C)CC3)c(C(F)(F)F)cc2c1=O. The Hall–Kier alpha value is -3.87. The van der Waals surface area contributed by atoms with Crippen molar-refractivity contribution in [2.75, 3.05) is 37.4 Å². The highest BCUT2D eigenvalue weighted by Crippen LogP contribution is 2.39. The molecule has 1 aliphatic heterocycles. The number of piperazine rings is 1. The van der Waals surface area contributed by atoms with E-state index in [4.69, 9.17) is 16.3 Å². The maximum absolute atomic E-state index is 14.3. The van der Waals surface area contributed by atoms with E-state index in [9.17, 15) is 36.4 Å². The molecule has 2 aromatic carbocycles. The second kappa shape index (κ2) is 12.3. The van der Waals surface area contributed by atoms with Gasteiger partial charge in [-0.15, -0.1) is 0 Å². The number of anilines is 1. The van der Waals surface area contributed by atoms with Crippen molar-refractivity contribution in [1.82, 2.24) is 19.5 Å². The number of nitriles is 1. The number of alkyl halides is 3. The zero-order valence-corrected chi connectivity index (χ0v) is 25.9. The van der Waals surface area contributed by atoms with Gasteiger partial charge in [-0.2, -0.15) is 18.4 Å². The lowest BCUT2D eigenvalue weighted by atomic mass is 10.0. The first-order valence-electron chi connectivity index (χ1n) is 13.5. The Bertz CT molecular complexity index is 1810. The second-order valence-electron chi connectivity index (χ2n) is 11.1. The van der Waals surface area contributed by atoms with Crippen LogP contribution in [0.5, 0.6) is 0 Å². The number of rotatable bonds is 6. The van der Waals surface area contributed by atoms with E-state index in [0.717, 1.165) is 11.0 Å². The van der Waals surface area contributed by atoms with Crippen molar-refractivity contribution in [2.45, 2.75) is 50.9 Å². The Morgan fingerprint density at radius 1 is 1.16 bits per heavy atom. The quantitative estimate of drug-likeness (QED) is 0.402. The van der Waals surface area contributed by atoms with Crippen LogP contribution in [0.2, 0.25) is 5.02 Å². The van der Waals surface area contributed by atoms with E-state index in [1.165, 1.54) is 30.0 Å². The van der Waals surface area contributed by atoms with Gasteiger partial charge in [-0.3, -0.25) is 15.1 Å². The molecule has 16 heteroatoms. The van der Waals surface area contributed by atoms with Gasteiger partial charge in [-0.1, -0.05) is 18.5 Å². The molecule has 2 heterocycles. The molecule has 1 fully saturated rings. The topological polar surface area (TPSA) is 138 Å². The van der Waals surface area contributed by atoms with Crippen molar-refractivity contribution in [2.24, 2.45) is 0 Å². The van der Waals surface area contributed by atoms with Crippen molar-refractivity contribution < 1.29 is 31.1 Å². The predicted molar refractivity (Wildman–Crippen MR) is 157 cm³/mol. The Kier molecular flexibility index (Phi) is 9.20. The average molecular weight is 655 g/mol.